The first-order valence-electron chi connectivity index (χ1n) is 7.89. The van der Waals surface area contributed by atoms with Crippen molar-refractivity contribution in [2.75, 3.05) is 20.1 Å². The van der Waals surface area contributed by atoms with Crippen LogP contribution in [0.2, 0.25) is 0 Å². The van der Waals surface area contributed by atoms with Gasteiger partial charge in [-0.2, -0.15) is 0 Å². The van der Waals surface area contributed by atoms with Crippen molar-refractivity contribution in [3.63, 3.8) is 0 Å². The number of nitrogens with one attached hydrogen (secondary N) is 1. The molecule has 0 unspecified atom stereocenters. The molecule has 2 rings (SSSR count). The normalized spacial score (nSPS) is 23.1. The molecule has 0 aliphatic heterocycles. The quantitative estimate of drug-likeness (QED) is 0.751. The Morgan fingerprint density at radius 3 is 2.70 bits per heavy atom. The average molecular weight is 276 g/mol. The summed E-state index contributed by atoms with van der Waals surface area (Å²) < 4.78 is 0. The topological polar surface area (TPSA) is 35.5 Å². The van der Waals surface area contributed by atoms with E-state index in [1.807, 2.05) is 0 Å². The van der Waals surface area contributed by atoms with Crippen LogP contribution in [0.5, 0.6) is 0 Å². The van der Waals surface area contributed by atoms with Crippen LogP contribution >= 0.6 is 0 Å². The Kier molecular flexibility index (Phi) is 6.51. The van der Waals surface area contributed by atoms with E-state index < -0.39 is 0 Å². The zero-order valence-electron chi connectivity index (χ0n) is 12.6. The molecule has 20 heavy (non-hydrogen) atoms. The summed E-state index contributed by atoms with van der Waals surface area (Å²) in [5.41, 5.74) is 1.37. The van der Waals surface area contributed by atoms with Crippen LogP contribution in [-0.4, -0.2) is 42.3 Å². The van der Waals surface area contributed by atoms with Crippen molar-refractivity contribution < 1.29 is 5.11 Å². The molecule has 112 valence electrons. The highest BCUT2D eigenvalue weighted by atomic mass is 16.3. The fraction of sp³-hybridized carbons (Fsp3) is 0.647. The van der Waals surface area contributed by atoms with Crippen molar-refractivity contribution >= 4 is 0 Å². The molecule has 1 saturated carbocycles. The number of hydrogen-bond acceptors (Lipinski definition) is 3. The Hall–Kier alpha value is -0.900. The van der Waals surface area contributed by atoms with Gasteiger partial charge >= 0.3 is 0 Å². The first-order chi connectivity index (χ1) is 9.75. The maximum Gasteiger partial charge on any atom is 0.0693 e. The van der Waals surface area contributed by atoms with Crippen LogP contribution in [0.3, 0.4) is 0 Å². The van der Waals surface area contributed by atoms with E-state index in [0.29, 0.717) is 6.04 Å². The lowest BCUT2D eigenvalue weighted by molar-refractivity contribution is 0.0906. The molecule has 0 aromatic heterocycles. The van der Waals surface area contributed by atoms with Gasteiger partial charge in [-0.3, -0.25) is 0 Å². The summed E-state index contributed by atoms with van der Waals surface area (Å²) in [5, 5.41) is 13.4. The summed E-state index contributed by atoms with van der Waals surface area (Å²) in [6.07, 6.45) is 5.52. The molecule has 1 aliphatic rings. The molecule has 1 aromatic rings. The maximum absolute atomic E-state index is 9.90. The van der Waals surface area contributed by atoms with E-state index in [4.69, 9.17) is 0 Å². The monoisotopic (exact) mass is 276 g/mol. The van der Waals surface area contributed by atoms with Gasteiger partial charge in [0.25, 0.3) is 0 Å². The number of rotatable bonds is 7. The predicted octanol–water partition coefficient (Wildman–Crippen LogP) is 2.40. The van der Waals surface area contributed by atoms with Gasteiger partial charge in [-0.1, -0.05) is 43.2 Å². The molecule has 0 bridgehead atoms. The van der Waals surface area contributed by atoms with Gasteiger partial charge in [0.2, 0.25) is 0 Å². The average Bonchev–Trinajstić information content (AvgIpc) is 2.46. The highest BCUT2D eigenvalue weighted by Crippen LogP contribution is 2.18. The zero-order chi connectivity index (χ0) is 14.2. The summed E-state index contributed by atoms with van der Waals surface area (Å²) in [7, 11) is 2.17. The van der Waals surface area contributed by atoms with Gasteiger partial charge in [0.1, 0.15) is 0 Å². The molecule has 3 nitrogen and oxygen atoms in total. The molecule has 2 N–H and O–H groups in total. The third-order valence-corrected chi connectivity index (χ3v) is 4.15. The number of nitrogens with zero attached hydrogens (tertiary/aromatic N) is 1. The number of hydrogen-bond donors (Lipinski definition) is 2. The third kappa shape index (κ3) is 5.23. The molecule has 0 spiro atoms. The number of benzene rings is 1. The van der Waals surface area contributed by atoms with E-state index in [9.17, 15) is 5.11 Å². The molecule has 2 atom stereocenters. The zero-order valence-corrected chi connectivity index (χ0v) is 12.6. The molecular weight excluding hydrogens is 248 g/mol. The fourth-order valence-electron chi connectivity index (χ4n) is 2.96. The van der Waals surface area contributed by atoms with Crippen molar-refractivity contribution in [3.05, 3.63) is 35.9 Å². The van der Waals surface area contributed by atoms with Crippen LogP contribution in [0.1, 0.15) is 37.7 Å². The summed E-state index contributed by atoms with van der Waals surface area (Å²) in [4.78, 5) is 2.36. The van der Waals surface area contributed by atoms with Crippen LogP contribution in [-0.2, 0) is 6.54 Å². The van der Waals surface area contributed by atoms with Gasteiger partial charge in [-0.05, 0) is 45.0 Å². The Labute approximate surface area is 123 Å². The SMILES string of the molecule is CN(CCCN[C@H]1CCCC[C@@H]1O)Cc1ccccc1. The van der Waals surface area contributed by atoms with Gasteiger partial charge in [0, 0.05) is 12.6 Å². The van der Waals surface area contributed by atoms with Crippen molar-refractivity contribution in [1.29, 1.82) is 0 Å². The Morgan fingerprint density at radius 2 is 1.95 bits per heavy atom. The van der Waals surface area contributed by atoms with Crippen LogP contribution in [0.4, 0.5) is 0 Å². The Balaban J connectivity index is 1.58. The van der Waals surface area contributed by atoms with E-state index in [0.717, 1.165) is 38.9 Å². The van der Waals surface area contributed by atoms with Gasteiger partial charge < -0.3 is 15.3 Å². The first kappa shape index (κ1) is 15.5. The second-order valence-corrected chi connectivity index (χ2v) is 5.99. The highest BCUT2D eigenvalue weighted by Gasteiger charge is 2.21. The molecule has 0 amide bonds. The largest absolute Gasteiger partial charge is 0.392 e. The van der Waals surface area contributed by atoms with Crippen LogP contribution in [0.25, 0.3) is 0 Å². The summed E-state index contributed by atoms with van der Waals surface area (Å²) in [6, 6.07) is 10.9. The molecule has 0 saturated heterocycles. The number of aliphatic hydroxyl groups is 1. The van der Waals surface area contributed by atoms with Crippen molar-refractivity contribution in [2.24, 2.45) is 0 Å². The minimum atomic E-state index is -0.134. The van der Waals surface area contributed by atoms with Crippen LogP contribution in [0, 0.1) is 0 Å². The predicted molar refractivity (Wildman–Crippen MR) is 83.7 cm³/mol. The lowest BCUT2D eigenvalue weighted by Crippen LogP contribution is -2.42. The summed E-state index contributed by atoms with van der Waals surface area (Å²) in [6.45, 7) is 3.10. The Morgan fingerprint density at radius 1 is 1.20 bits per heavy atom. The first-order valence-corrected chi connectivity index (χ1v) is 7.89. The molecule has 0 heterocycles. The maximum atomic E-state index is 9.90. The van der Waals surface area contributed by atoms with E-state index >= 15 is 0 Å². The Bertz CT molecular complexity index is 369. The smallest absolute Gasteiger partial charge is 0.0693 e. The molecule has 0 radical (unpaired) electrons. The summed E-state index contributed by atoms with van der Waals surface area (Å²) >= 11 is 0. The van der Waals surface area contributed by atoms with E-state index in [1.54, 1.807) is 0 Å². The van der Waals surface area contributed by atoms with Gasteiger partial charge in [-0.25, -0.2) is 0 Å². The van der Waals surface area contributed by atoms with Crippen LogP contribution < -0.4 is 5.32 Å². The molecule has 1 aliphatic carbocycles. The second kappa shape index (κ2) is 8.40. The standard InChI is InChI=1S/C17H28N2O/c1-19(14-15-8-3-2-4-9-15)13-7-12-18-16-10-5-6-11-17(16)20/h2-4,8-9,16-18,20H,5-7,10-14H2,1H3/t16-,17-/m0/s1. The van der Waals surface area contributed by atoms with E-state index in [2.05, 4.69) is 47.6 Å². The second-order valence-electron chi connectivity index (χ2n) is 5.99. The van der Waals surface area contributed by atoms with Crippen molar-refractivity contribution in [1.82, 2.24) is 10.2 Å². The minimum absolute atomic E-state index is 0.134. The minimum Gasteiger partial charge on any atom is -0.392 e. The molecular formula is C17H28N2O. The fourth-order valence-corrected chi connectivity index (χ4v) is 2.96. The van der Waals surface area contributed by atoms with Crippen molar-refractivity contribution in [3.8, 4) is 0 Å². The molecule has 3 heteroatoms. The highest BCUT2D eigenvalue weighted by molar-refractivity contribution is 5.14. The van der Waals surface area contributed by atoms with E-state index in [1.165, 1.54) is 18.4 Å². The lowest BCUT2D eigenvalue weighted by Gasteiger charge is -2.28. The van der Waals surface area contributed by atoms with Gasteiger partial charge in [0.15, 0.2) is 0 Å². The summed E-state index contributed by atoms with van der Waals surface area (Å²) in [5.74, 6) is 0. The molecule has 1 fully saturated rings. The van der Waals surface area contributed by atoms with E-state index in [-0.39, 0.29) is 6.10 Å². The third-order valence-electron chi connectivity index (χ3n) is 4.15. The van der Waals surface area contributed by atoms with Crippen LogP contribution in [0.15, 0.2) is 30.3 Å². The van der Waals surface area contributed by atoms with Gasteiger partial charge in [0.05, 0.1) is 6.10 Å². The lowest BCUT2D eigenvalue weighted by atomic mass is 9.92. The van der Waals surface area contributed by atoms with Crippen molar-refractivity contribution in [2.45, 2.75) is 50.8 Å². The number of aliphatic hydroxyl groups excluding tert-OH is 1. The van der Waals surface area contributed by atoms with Gasteiger partial charge in [-0.15, -0.1) is 0 Å². The molecule has 1 aromatic carbocycles.